The lowest BCUT2D eigenvalue weighted by molar-refractivity contribution is -0.138. The van der Waals surface area contributed by atoms with Crippen LogP contribution in [0.2, 0.25) is 0 Å². The molecule has 0 saturated carbocycles. The Morgan fingerprint density at radius 3 is 2.45 bits per heavy atom. The molecule has 7 nitrogen and oxygen atoms in total. The molecule has 0 bridgehead atoms. The molecule has 2 aromatic carbocycles. The van der Waals surface area contributed by atoms with Crippen molar-refractivity contribution in [3.05, 3.63) is 118 Å². The highest BCUT2D eigenvalue weighted by atomic mass is 19.4. The molecule has 2 amide bonds. The number of amides is 2. The monoisotopic (exact) mass is 653 g/mol. The maximum absolute atomic E-state index is 15.0. The number of allylic oxidation sites excluding steroid dienone is 4. The number of aliphatic hydroxyl groups excluding tert-OH is 1. The zero-order valence-electron chi connectivity index (χ0n) is 26.9. The van der Waals surface area contributed by atoms with Crippen molar-refractivity contribution in [1.29, 1.82) is 0 Å². The number of alkyl halides is 3. The third-order valence-corrected chi connectivity index (χ3v) is 7.50. The van der Waals surface area contributed by atoms with Gasteiger partial charge in [-0.25, -0.2) is 9.18 Å². The van der Waals surface area contributed by atoms with Crippen LogP contribution in [0.4, 0.5) is 28.0 Å². The summed E-state index contributed by atoms with van der Waals surface area (Å²) in [5.74, 6) is -1.61. The number of anilines is 1. The molecule has 1 aromatic heterocycles. The average Bonchev–Trinajstić information content (AvgIpc) is 3.25. The van der Waals surface area contributed by atoms with Crippen LogP contribution in [-0.2, 0) is 23.9 Å². The number of hydrogen-bond acceptors (Lipinski definition) is 4. The van der Waals surface area contributed by atoms with Gasteiger partial charge in [0.1, 0.15) is 23.2 Å². The van der Waals surface area contributed by atoms with Gasteiger partial charge in [0, 0.05) is 17.9 Å². The Hall–Kier alpha value is -4.64. The van der Waals surface area contributed by atoms with Gasteiger partial charge in [0.15, 0.2) is 0 Å². The number of nitrogens with zero attached hydrogens (tertiary/aromatic N) is 1. The first-order valence-corrected chi connectivity index (χ1v) is 15.3. The van der Waals surface area contributed by atoms with Crippen LogP contribution < -0.4 is 10.6 Å². The van der Waals surface area contributed by atoms with Gasteiger partial charge in [-0.05, 0) is 86.6 Å². The first-order valence-electron chi connectivity index (χ1n) is 15.3. The number of benzene rings is 2. The molecular weight excluding hydrogens is 614 g/mol. The predicted octanol–water partition coefficient (Wildman–Crippen LogP) is 8.59. The molecular formula is C36H39F4N3O4. The number of alkyl carbamates (subject to hydrolysis) is 1. The molecule has 47 heavy (non-hydrogen) atoms. The number of aliphatic hydroxyl groups is 1. The van der Waals surface area contributed by atoms with E-state index in [2.05, 4.69) is 10.6 Å². The Bertz CT molecular complexity index is 1710. The quantitative estimate of drug-likeness (QED) is 0.202. The molecule has 4 rings (SSSR count). The van der Waals surface area contributed by atoms with Gasteiger partial charge in [0.2, 0.25) is 0 Å². The van der Waals surface area contributed by atoms with Crippen molar-refractivity contribution in [1.82, 2.24) is 9.88 Å². The molecule has 3 N–H and O–H groups in total. The molecule has 1 aliphatic carbocycles. The standard InChI is InChI=1S/C36H39F4N3O4/c1-6-22-10-8-12-24(15-14-22)32(44)25-16-17-28(37)29(19-25)42-33(45)31-20-27(36(38,39)40)30(7-2)43(31)26-13-9-11-23(18-26)21-41-34(46)47-35(3,4)5/h8-20,22,32,44H,6-7,21H2,1-5H3,(H,41,46)(H,42,45). The number of hydrogen-bond donors (Lipinski definition) is 3. The van der Waals surface area contributed by atoms with E-state index in [9.17, 15) is 27.9 Å². The third-order valence-electron chi connectivity index (χ3n) is 7.50. The molecule has 0 aliphatic heterocycles. The summed E-state index contributed by atoms with van der Waals surface area (Å²) in [7, 11) is 0. The first-order chi connectivity index (χ1) is 22.1. The molecule has 2 unspecified atom stereocenters. The van der Waals surface area contributed by atoms with E-state index < -0.39 is 41.3 Å². The van der Waals surface area contributed by atoms with E-state index in [0.29, 0.717) is 11.1 Å². The SMILES string of the molecule is CCc1c(C(F)(F)F)cc(C(=O)Nc2cc(C(O)C3=CC=CC(CC)C=C3)ccc2F)n1-c1cccc(CNC(=O)OC(C)(C)C)c1. The van der Waals surface area contributed by atoms with E-state index in [1.807, 2.05) is 25.2 Å². The van der Waals surface area contributed by atoms with Crippen molar-refractivity contribution in [3.8, 4) is 5.69 Å². The Kier molecular flexibility index (Phi) is 10.8. The van der Waals surface area contributed by atoms with E-state index in [1.165, 1.54) is 29.7 Å². The smallest absolute Gasteiger partial charge is 0.418 e. The maximum atomic E-state index is 15.0. The third kappa shape index (κ3) is 8.79. The van der Waals surface area contributed by atoms with E-state index >= 15 is 4.39 Å². The van der Waals surface area contributed by atoms with Crippen molar-refractivity contribution >= 4 is 17.7 Å². The summed E-state index contributed by atoms with van der Waals surface area (Å²) in [6.45, 7) is 8.73. The summed E-state index contributed by atoms with van der Waals surface area (Å²) in [6.07, 6.45) is 3.52. The van der Waals surface area contributed by atoms with Crippen LogP contribution in [-0.4, -0.2) is 27.3 Å². The highest BCUT2D eigenvalue weighted by Gasteiger charge is 2.38. The summed E-state index contributed by atoms with van der Waals surface area (Å²) in [5, 5.41) is 16.1. The fourth-order valence-electron chi connectivity index (χ4n) is 5.21. The second-order valence-corrected chi connectivity index (χ2v) is 12.2. The van der Waals surface area contributed by atoms with Crippen LogP contribution in [0.15, 0.2) is 84.5 Å². The Labute approximate surface area is 271 Å². The number of carbonyl (C=O) groups excluding carboxylic acids is 2. The molecule has 0 spiro atoms. The fourth-order valence-corrected chi connectivity index (χ4v) is 5.21. The summed E-state index contributed by atoms with van der Waals surface area (Å²) in [4.78, 5) is 25.8. The van der Waals surface area contributed by atoms with Gasteiger partial charge in [-0.2, -0.15) is 13.2 Å². The second kappa shape index (κ2) is 14.4. The number of rotatable bonds is 9. The second-order valence-electron chi connectivity index (χ2n) is 12.2. The average molecular weight is 654 g/mol. The van der Waals surface area contributed by atoms with Crippen molar-refractivity contribution in [2.45, 2.75) is 71.9 Å². The minimum atomic E-state index is -4.78. The Morgan fingerprint density at radius 1 is 1.04 bits per heavy atom. The zero-order valence-corrected chi connectivity index (χ0v) is 26.9. The van der Waals surface area contributed by atoms with E-state index in [1.54, 1.807) is 51.1 Å². The molecule has 0 radical (unpaired) electrons. The fraction of sp³-hybridized carbons (Fsp3) is 0.333. The van der Waals surface area contributed by atoms with E-state index in [-0.39, 0.29) is 47.2 Å². The Balaban J connectivity index is 1.68. The molecule has 1 aliphatic rings. The van der Waals surface area contributed by atoms with E-state index in [4.69, 9.17) is 4.74 Å². The van der Waals surface area contributed by atoms with Crippen LogP contribution in [0.1, 0.15) is 80.0 Å². The van der Waals surface area contributed by atoms with Gasteiger partial charge in [-0.15, -0.1) is 0 Å². The zero-order chi connectivity index (χ0) is 34.5. The van der Waals surface area contributed by atoms with Crippen molar-refractivity contribution in [3.63, 3.8) is 0 Å². The van der Waals surface area contributed by atoms with Gasteiger partial charge < -0.3 is 25.0 Å². The first kappa shape index (κ1) is 35.2. The lowest BCUT2D eigenvalue weighted by Crippen LogP contribution is -2.32. The summed E-state index contributed by atoms with van der Waals surface area (Å²) in [6, 6.07) is 10.8. The van der Waals surface area contributed by atoms with Crippen LogP contribution in [0, 0.1) is 11.7 Å². The molecule has 1 heterocycles. The van der Waals surface area contributed by atoms with Gasteiger partial charge in [-0.3, -0.25) is 4.79 Å². The van der Waals surface area contributed by atoms with Gasteiger partial charge in [0.25, 0.3) is 5.91 Å². The number of carbonyl (C=O) groups is 2. The number of nitrogens with one attached hydrogen (secondary N) is 2. The number of halogens is 4. The molecule has 0 saturated heterocycles. The topological polar surface area (TPSA) is 92.6 Å². The van der Waals surface area contributed by atoms with Crippen LogP contribution in [0.3, 0.4) is 0 Å². The summed E-state index contributed by atoms with van der Waals surface area (Å²) < 4.78 is 64.1. The summed E-state index contributed by atoms with van der Waals surface area (Å²) >= 11 is 0. The maximum Gasteiger partial charge on any atom is 0.418 e. The number of aromatic nitrogens is 1. The highest BCUT2D eigenvalue weighted by molar-refractivity contribution is 6.04. The lowest BCUT2D eigenvalue weighted by atomic mass is 9.99. The van der Waals surface area contributed by atoms with Crippen LogP contribution in [0.5, 0.6) is 0 Å². The lowest BCUT2D eigenvalue weighted by Gasteiger charge is -2.20. The highest BCUT2D eigenvalue weighted by Crippen LogP contribution is 2.37. The van der Waals surface area contributed by atoms with Gasteiger partial charge >= 0.3 is 12.3 Å². The normalized spacial score (nSPS) is 15.5. The molecule has 2 atom stereocenters. The Morgan fingerprint density at radius 2 is 1.79 bits per heavy atom. The van der Waals surface area contributed by atoms with Gasteiger partial charge in [-0.1, -0.05) is 62.4 Å². The summed E-state index contributed by atoms with van der Waals surface area (Å²) in [5.41, 5.74) is -0.958. The molecule has 11 heteroatoms. The molecule has 3 aromatic rings. The molecule has 250 valence electrons. The largest absolute Gasteiger partial charge is 0.444 e. The van der Waals surface area contributed by atoms with Crippen LogP contribution in [0.25, 0.3) is 5.69 Å². The minimum absolute atomic E-state index is 0.0139. The van der Waals surface area contributed by atoms with Gasteiger partial charge in [0.05, 0.1) is 11.3 Å². The van der Waals surface area contributed by atoms with Crippen molar-refractivity contribution < 1.29 is 37.0 Å². The minimum Gasteiger partial charge on any atom is -0.444 e. The van der Waals surface area contributed by atoms with Crippen molar-refractivity contribution in [2.75, 3.05) is 5.32 Å². The van der Waals surface area contributed by atoms with Crippen LogP contribution >= 0.6 is 0 Å². The molecule has 0 fully saturated rings. The van der Waals surface area contributed by atoms with E-state index in [0.717, 1.165) is 18.6 Å². The number of ether oxygens (including phenoxy) is 1. The predicted molar refractivity (Wildman–Crippen MR) is 173 cm³/mol. The van der Waals surface area contributed by atoms with Crippen molar-refractivity contribution in [2.24, 2.45) is 5.92 Å².